The summed E-state index contributed by atoms with van der Waals surface area (Å²) in [7, 11) is 1.54. The van der Waals surface area contributed by atoms with Crippen LogP contribution in [-0.2, 0) is 27.3 Å². The Morgan fingerprint density at radius 2 is 1.79 bits per heavy atom. The molecule has 0 heterocycles. The van der Waals surface area contributed by atoms with Gasteiger partial charge < -0.3 is 9.64 Å². The zero-order valence-electron chi connectivity index (χ0n) is 13.2. The van der Waals surface area contributed by atoms with Crippen LogP contribution in [0.2, 0.25) is 0 Å². The molecule has 4 nitrogen and oxygen atoms in total. The Balaban J connectivity index is 1.80. The summed E-state index contributed by atoms with van der Waals surface area (Å²) in [5, 5.41) is 0. The van der Waals surface area contributed by atoms with E-state index in [1.807, 2.05) is 12.1 Å². The second-order valence-corrected chi connectivity index (χ2v) is 6.22. The van der Waals surface area contributed by atoms with E-state index in [2.05, 4.69) is 15.9 Å². The van der Waals surface area contributed by atoms with E-state index in [9.17, 15) is 14.0 Å². The minimum absolute atomic E-state index is 0.0948. The highest BCUT2D eigenvalue weighted by Crippen LogP contribution is 2.12. The molecule has 0 aliphatic rings. The molecule has 24 heavy (non-hydrogen) atoms. The number of amides is 1. The van der Waals surface area contributed by atoms with Crippen LogP contribution in [0.1, 0.15) is 11.1 Å². The van der Waals surface area contributed by atoms with Crippen LogP contribution in [0.4, 0.5) is 4.39 Å². The van der Waals surface area contributed by atoms with Crippen LogP contribution in [0.15, 0.2) is 53.0 Å². The molecule has 6 heteroatoms. The molecule has 0 unspecified atom stereocenters. The topological polar surface area (TPSA) is 46.6 Å². The molecule has 0 bridgehead atoms. The van der Waals surface area contributed by atoms with Gasteiger partial charge in [0.2, 0.25) is 0 Å². The first-order valence-electron chi connectivity index (χ1n) is 7.33. The average Bonchev–Trinajstić information content (AvgIpc) is 2.56. The van der Waals surface area contributed by atoms with Crippen molar-refractivity contribution in [1.29, 1.82) is 0 Å². The highest BCUT2D eigenvalue weighted by atomic mass is 79.9. The largest absolute Gasteiger partial charge is 0.455 e. The van der Waals surface area contributed by atoms with E-state index in [0.717, 1.165) is 10.0 Å². The lowest BCUT2D eigenvalue weighted by Crippen LogP contribution is -2.31. The Bertz CT molecular complexity index is 718. The number of hydrogen-bond donors (Lipinski definition) is 0. The zero-order valence-corrected chi connectivity index (χ0v) is 14.8. The van der Waals surface area contributed by atoms with Crippen molar-refractivity contribution >= 4 is 27.8 Å². The van der Waals surface area contributed by atoms with Crippen molar-refractivity contribution in [2.24, 2.45) is 0 Å². The second-order valence-electron chi connectivity index (χ2n) is 5.31. The lowest BCUT2D eigenvalue weighted by atomic mass is 10.2. The summed E-state index contributed by atoms with van der Waals surface area (Å²) >= 11 is 3.32. The smallest absolute Gasteiger partial charge is 0.310 e. The Morgan fingerprint density at radius 1 is 1.12 bits per heavy atom. The molecule has 2 aromatic carbocycles. The molecule has 0 spiro atoms. The van der Waals surface area contributed by atoms with Gasteiger partial charge in [-0.25, -0.2) is 4.39 Å². The third-order valence-corrected chi connectivity index (χ3v) is 3.94. The van der Waals surface area contributed by atoms with E-state index in [4.69, 9.17) is 4.74 Å². The molecule has 0 radical (unpaired) electrons. The van der Waals surface area contributed by atoms with Crippen molar-refractivity contribution in [3.63, 3.8) is 0 Å². The maximum absolute atomic E-state index is 13.6. The van der Waals surface area contributed by atoms with Gasteiger partial charge in [0.05, 0.1) is 6.42 Å². The van der Waals surface area contributed by atoms with Gasteiger partial charge in [0.25, 0.3) is 5.91 Å². The number of ether oxygens (including phenoxy) is 1. The van der Waals surface area contributed by atoms with Gasteiger partial charge in [-0.2, -0.15) is 0 Å². The number of halogens is 2. The fourth-order valence-corrected chi connectivity index (χ4v) is 2.31. The van der Waals surface area contributed by atoms with Crippen molar-refractivity contribution in [1.82, 2.24) is 4.90 Å². The van der Waals surface area contributed by atoms with Gasteiger partial charge in [0, 0.05) is 23.6 Å². The maximum atomic E-state index is 13.6. The highest BCUT2D eigenvalue weighted by Gasteiger charge is 2.14. The Labute approximate surface area is 148 Å². The summed E-state index contributed by atoms with van der Waals surface area (Å²) in [6.45, 7) is -0.240. The fraction of sp³-hybridized carbons (Fsp3) is 0.222. The van der Waals surface area contributed by atoms with Crippen molar-refractivity contribution in [3.8, 4) is 0 Å². The predicted molar refractivity (Wildman–Crippen MR) is 91.7 cm³/mol. The van der Waals surface area contributed by atoms with Crippen LogP contribution in [-0.4, -0.2) is 30.4 Å². The standard InChI is InChI=1S/C18H17BrFNO3/c1-21(11-14-4-2-3-5-16(14)20)17(22)12-24-18(23)10-13-6-8-15(19)9-7-13/h2-9H,10-12H2,1H3. The molecule has 0 saturated carbocycles. The average molecular weight is 394 g/mol. The summed E-state index contributed by atoms with van der Waals surface area (Å²) < 4.78 is 19.5. The van der Waals surface area contributed by atoms with Crippen molar-refractivity contribution in [2.75, 3.05) is 13.7 Å². The zero-order chi connectivity index (χ0) is 17.5. The minimum Gasteiger partial charge on any atom is -0.455 e. The summed E-state index contributed by atoms with van der Waals surface area (Å²) in [4.78, 5) is 25.1. The Hall–Kier alpha value is -2.21. The van der Waals surface area contributed by atoms with Crippen LogP contribution >= 0.6 is 15.9 Å². The minimum atomic E-state index is -0.482. The SMILES string of the molecule is CN(Cc1ccccc1F)C(=O)COC(=O)Cc1ccc(Br)cc1. The molecule has 0 aliphatic heterocycles. The van der Waals surface area contributed by atoms with Crippen molar-refractivity contribution in [2.45, 2.75) is 13.0 Å². The van der Waals surface area contributed by atoms with E-state index in [1.54, 1.807) is 30.3 Å². The van der Waals surface area contributed by atoms with Crippen LogP contribution in [0.25, 0.3) is 0 Å². The first-order valence-corrected chi connectivity index (χ1v) is 8.12. The Kier molecular flexibility index (Phi) is 6.49. The predicted octanol–water partition coefficient (Wildman–Crippen LogP) is 3.33. The molecular weight excluding hydrogens is 377 g/mol. The van der Waals surface area contributed by atoms with E-state index in [0.29, 0.717) is 5.56 Å². The molecule has 0 fully saturated rings. The number of likely N-dealkylation sites (N-methyl/N-ethyl adjacent to an activating group) is 1. The van der Waals surface area contributed by atoms with Gasteiger partial charge in [-0.05, 0) is 23.8 Å². The van der Waals surface area contributed by atoms with E-state index in [1.165, 1.54) is 18.0 Å². The van der Waals surface area contributed by atoms with Gasteiger partial charge in [0.1, 0.15) is 5.82 Å². The van der Waals surface area contributed by atoms with Gasteiger partial charge in [0.15, 0.2) is 6.61 Å². The summed E-state index contributed by atoms with van der Waals surface area (Å²) in [5.74, 6) is -1.24. The molecule has 0 aliphatic carbocycles. The Morgan fingerprint density at radius 3 is 2.46 bits per heavy atom. The number of hydrogen-bond acceptors (Lipinski definition) is 3. The monoisotopic (exact) mass is 393 g/mol. The number of esters is 1. The summed E-state index contributed by atoms with van der Waals surface area (Å²) in [5.41, 5.74) is 1.21. The number of benzene rings is 2. The number of rotatable bonds is 6. The van der Waals surface area contributed by atoms with Crippen LogP contribution in [0.3, 0.4) is 0 Å². The molecule has 0 saturated heterocycles. The molecule has 2 aromatic rings. The second kappa shape index (κ2) is 8.59. The normalized spacial score (nSPS) is 10.3. The van der Waals surface area contributed by atoms with Gasteiger partial charge in [-0.15, -0.1) is 0 Å². The maximum Gasteiger partial charge on any atom is 0.310 e. The molecule has 0 aromatic heterocycles. The molecular formula is C18H17BrFNO3. The highest BCUT2D eigenvalue weighted by molar-refractivity contribution is 9.10. The quantitative estimate of drug-likeness (QED) is 0.707. The third-order valence-electron chi connectivity index (χ3n) is 3.41. The first-order chi connectivity index (χ1) is 11.5. The van der Waals surface area contributed by atoms with Crippen LogP contribution in [0.5, 0.6) is 0 Å². The molecule has 2 rings (SSSR count). The van der Waals surface area contributed by atoms with Gasteiger partial charge in [-0.1, -0.05) is 46.3 Å². The lowest BCUT2D eigenvalue weighted by molar-refractivity contribution is -0.151. The first kappa shape index (κ1) is 18.1. The molecule has 0 N–H and O–H groups in total. The van der Waals surface area contributed by atoms with E-state index >= 15 is 0 Å². The summed E-state index contributed by atoms with van der Waals surface area (Å²) in [6.07, 6.45) is 0.0948. The number of nitrogens with zero attached hydrogens (tertiary/aromatic N) is 1. The van der Waals surface area contributed by atoms with Gasteiger partial charge in [-0.3, -0.25) is 9.59 Å². The van der Waals surface area contributed by atoms with E-state index in [-0.39, 0.29) is 31.3 Å². The fourth-order valence-electron chi connectivity index (χ4n) is 2.04. The molecule has 0 atom stereocenters. The molecule has 1 amide bonds. The van der Waals surface area contributed by atoms with Crippen LogP contribution < -0.4 is 0 Å². The number of carbonyl (C=O) groups excluding carboxylic acids is 2. The molecule has 126 valence electrons. The lowest BCUT2D eigenvalue weighted by Gasteiger charge is -2.17. The van der Waals surface area contributed by atoms with Crippen molar-refractivity contribution in [3.05, 3.63) is 69.9 Å². The summed E-state index contributed by atoms with van der Waals surface area (Å²) in [6, 6.07) is 13.5. The van der Waals surface area contributed by atoms with E-state index < -0.39 is 5.97 Å². The van der Waals surface area contributed by atoms with Crippen LogP contribution in [0, 0.1) is 5.82 Å². The van der Waals surface area contributed by atoms with Gasteiger partial charge >= 0.3 is 5.97 Å². The third kappa shape index (κ3) is 5.45. The van der Waals surface area contributed by atoms with Crippen molar-refractivity contribution < 1.29 is 18.7 Å². The number of carbonyl (C=O) groups is 2.